The lowest BCUT2D eigenvalue weighted by atomic mass is 10.2. The lowest BCUT2D eigenvalue weighted by Crippen LogP contribution is -2.30. The van der Waals surface area contributed by atoms with E-state index in [9.17, 15) is 9.59 Å². The molecular weight excluding hydrogens is 380 g/mol. The molecule has 3 aromatic rings. The van der Waals surface area contributed by atoms with E-state index in [0.717, 1.165) is 4.88 Å². The molecule has 0 bridgehead atoms. The number of rotatable bonds is 7. The average Bonchev–Trinajstić information content (AvgIpc) is 3.32. The van der Waals surface area contributed by atoms with Gasteiger partial charge in [0.25, 0.3) is 5.91 Å². The van der Waals surface area contributed by atoms with Crippen molar-refractivity contribution in [3.8, 4) is 16.5 Å². The number of ether oxygens (including phenoxy) is 2. The summed E-state index contributed by atoms with van der Waals surface area (Å²) in [7, 11) is 1.56. The van der Waals surface area contributed by atoms with Crippen molar-refractivity contribution in [3.05, 3.63) is 53.2 Å². The SMILES string of the molecule is COc1ccc(NC(=O)C(C)OC(=O)Cc2nc(-c3cccs3)oc2C)cc1. The van der Waals surface area contributed by atoms with Gasteiger partial charge in [-0.3, -0.25) is 9.59 Å². The number of thiophene rings is 1. The zero-order valence-corrected chi connectivity index (χ0v) is 16.5. The number of esters is 1. The van der Waals surface area contributed by atoms with Crippen molar-refractivity contribution in [1.82, 2.24) is 4.98 Å². The maximum absolute atomic E-state index is 12.2. The highest BCUT2D eigenvalue weighted by Gasteiger charge is 2.21. The lowest BCUT2D eigenvalue weighted by molar-refractivity contribution is -0.152. The number of hydrogen-bond acceptors (Lipinski definition) is 7. The monoisotopic (exact) mass is 400 g/mol. The number of benzene rings is 1. The van der Waals surface area contributed by atoms with E-state index in [1.165, 1.54) is 18.3 Å². The first kappa shape index (κ1) is 19.6. The van der Waals surface area contributed by atoms with Crippen LogP contribution in [-0.2, 0) is 20.7 Å². The van der Waals surface area contributed by atoms with E-state index in [1.807, 2.05) is 17.5 Å². The fraction of sp³-hybridized carbons (Fsp3) is 0.250. The Hall–Kier alpha value is -3.13. The summed E-state index contributed by atoms with van der Waals surface area (Å²) >= 11 is 1.50. The molecule has 2 aromatic heterocycles. The number of nitrogens with one attached hydrogen (secondary N) is 1. The number of carbonyl (C=O) groups is 2. The molecule has 8 heteroatoms. The number of hydrogen-bond donors (Lipinski definition) is 1. The minimum absolute atomic E-state index is 0.0686. The zero-order chi connectivity index (χ0) is 20.1. The molecule has 1 unspecified atom stereocenters. The first-order chi connectivity index (χ1) is 13.5. The Balaban J connectivity index is 1.55. The second-order valence-corrected chi connectivity index (χ2v) is 6.97. The van der Waals surface area contributed by atoms with Crippen LogP contribution in [0.4, 0.5) is 5.69 Å². The minimum atomic E-state index is -0.946. The van der Waals surface area contributed by atoms with Crippen LogP contribution in [0.1, 0.15) is 18.4 Å². The molecule has 0 fully saturated rings. The predicted octanol–water partition coefficient (Wildman–Crippen LogP) is 3.83. The van der Waals surface area contributed by atoms with E-state index in [2.05, 4.69) is 10.3 Å². The summed E-state index contributed by atoms with van der Waals surface area (Å²) in [6.07, 6.45) is -1.01. The van der Waals surface area contributed by atoms with Gasteiger partial charge in [0.1, 0.15) is 11.5 Å². The Morgan fingerprint density at radius 1 is 1.25 bits per heavy atom. The summed E-state index contributed by atoms with van der Waals surface area (Å²) in [6.45, 7) is 3.26. The Morgan fingerprint density at radius 3 is 2.64 bits per heavy atom. The normalized spacial score (nSPS) is 11.7. The number of amides is 1. The second kappa shape index (κ2) is 8.71. The van der Waals surface area contributed by atoms with Gasteiger partial charge < -0.3 is 19.2 Å². The van der Waals surface area contributed by atoms with Gasteiger partial charge in [-0.2, -0.15) is 0 Å². The van der Waals surface area contributed by atoms with Crippen molar-refractivity contribution in [1.29, 1.82) is 0 Å². The number of oxazole rings is 1. The van der Waals surface area contributed by atoms with Crippen LogP contribution < -0.4 is 10.1 Å². The van der Waals surface area contributed by atoms with E-state index < -0.39 is 18.0 Å². The third-order valence-corrected chi connectivity index (χ3v) is 4.83. The molecule has 146 valence electrons. The molecule has 0 aliphatic carbocycles. The van der Waals surface area contributed by atoms with Gasteiger partial charge in [0.15, 0.2) is 6.10 Å². The van der Waals surface area contributed by atoms with Crippen molar-refractivity contribution in [3.63, 3.8) is 0 Å². The summed E-state index contributed by atoms with van der Waals surface area (Å²) < 4.78 is 15.9. The highest BCUT2D eigenvalue weighted by molar-refractivity contribution is 7.13. The summed E-state index contributed by atoms with van der Waals surface area (Å²) in [4.78, 5) is 29.7. The van der Waals surface area contributed by atoms with Crippen LogP contribution in [0.25, 0.3) is 10.8 Å². The molecule has 1 atom stereocenters. The number of aromatic nitrogens is 1. The summed E-state index contributed by atoms with van der Waals surface area (Å²) in [6, 6.07) is 10.7. The van der Waals surface area contributed by atoms with Gasteiger partial charge in [0.2, 0.25) is 5.89 Å². The van der Waals surface area contributed by atoms with Gasteiger partial charge in [0, 0.05) is 5.69 Å². The average molecular weight is 400 g/mol. The van der Waals surface area contributed by atoms with Crippen molar-refractivity contribution in [2.45, 2.75) is 26.4 Å². The molecule has 3 rings (SSSR count). The van der Waals surface area contributed by atoms with Gasteiger partial charge in [-0.1, -0.05) is 6.07 Å². The molecule has 0 saturated carbocycles. The molecular formula is C20H20N2O5S. The molecule has 1 aromatic carbocycles. The third kappa shape index (κ3) is 4.77. The van der Waals surface area contributed by atoms with Crippen LogP contribution in [0.5, 0.6) is 5.75 Å². The van der Waals surface area contributed by atoms with E-state index >= 15 is 0 Å². The standard InChI is InChI=1S/C20H20N2O5S/c1-12-16(22-20(27-12)17-5-4-10-28-17)11-18(23)26-13(2)19(24)21-14-6-8-15(25-3)9-7-14/h4-10,13H,11H2,1-3H3,(H,21,24). The fourth-order valence-corrected chi connectivity index (χ4v) is 3.09. The van der Waals surface area contributed by atoms with Gasteiger partial charge >= 0.3 is 5.97 Å². The first-order valence-corrected chi connectivity index (χ1v) is 9.49. The van der Waals surface area contributed by atoms with Crippen LogP contribution in [0.2, 0.25) is 0 Å². The molecule has 0 saturated heterocycles. The van der Waals surface area contributed by atoms with Crippen LogP contribution in [0.3, 0.4) is 0 Å². The Bertz CT molecular complexity index is 948. The smallest absolute Gasteiger partial charge is 0.312 e. The fourth-order valence-electron chi connectivity index (χ4n) is 2.44. The number of nitrogens with zero attached hydrogens (tertiary/aromatic N) is 1. The minimum Gasteiger partial charge on any atom is -0.497 e. The molecule has 0 radical (unpaired) electrons. The molecule has 0 aliphatic heterocycles. The molecule has 0 spiro atoms. The quantitative estimate of drug-likeness (QED) is 0.606. The van der Waals surface area contributed by atoms with Gasteiger partial charge in [0.05, 0.1) is 24.1 Å². The van der Waals surface area contributed by atoms with Crippen LogP contribution in [0, 0.1) is 6.92 Å². The second-order valence-electron chi connectivity index (χ2n) is 6.03. The molecule has 0 aliphatic rings. The van der Waals surface area contributed by atoms with Crippen molar-refractivity contribution >= 4 is 28.9 Å². The number of methoxy groups -OCH3 is 1. The lowest BCUT2D eigenvalue weighted by Gasteiger charge is -2.13. The van der Waals surface area contributed by atoms with Gasteiger partial charge in [-0.25, -0.2) is 4.98 Å². The molecule has 1 amide bonds. The maximum atomic E-state index is 12.2. The van der Waals surface area contributed by atoms with Gasteiger partial charge in [-0.15, -0.1) is 11.3 Å². The first-order valence-electron chi connectivity index (χ1n) is 8.61. The van der Waals surface area contributed by atoms with E-state index in [0.29, 0.717) is 28.8 Å². The van der Waals surface area contributed by atoms with E-state index in [-0.39, 0.29) is 6.42 Å². The maximum Gasteiger partial charge on any atom is 0.312 e. The Kier molecular flexibility index (Phi) is 6.10. The zero-order valence-electron chi connectivity index (χ0n) is 15.7. The Morgan fingerprint density at radius 2 is 2.00 bits per heavy atom. The predicted molar refractivity (Wildman–Crippen MR) is 105 cm³/mol. The third-order valence-electron chi connectivity index (χ3n) is 3.97. The highest BCUT2D eigenvalue weighted by atomic mass is 32.1. The van der Waals surface area contributed by atoms with Crippen LogP contribution >= 0.6 is 11.3 Å². The van der Waals surface area contributed by atoms with Crippen LogP contribution in [-0.4, -0.2) is 30.1 Å². The largest absolute Gasteiger partial charge is 0.497 e. The number of aryl methyl sites for hydroxylation is 1. The van der Waals surface area contributed by atoms with Crippen molar-refractivity contribution in [2.24, 2.45) is 0 Å². The van der Waals surface area contributed by atoms with Gasteiger partial charge in [-0.05, 0) is 49.6 Å². The van der Waals surface area contributed by atoms with E-state index in [1.54, 1.807) is 38.3 Å². The molecule has 7 nitrogen and oxygen atoms in total. The van der Waals surface area contributed by atoms with Crippen molar-refractivity contribution < 1.29 is 23.5 Å². The Labute approximate surface area is 166 Å². The van der Waals surface area contributed by atoms with Crippen molar-refractivity contribution in [2.75, 3.05) is 12.4 Å². The number of carbonyl (C=O) groups excluding carboxylic acids is 2. The summed E-state index contributed by atoms with van der Waals surface area (Å²) in [5.74, 6) is 0.736. The summed E-state index contributed by atoms with van der Waals surface area (Å²) in [5, 5.41) is 4.61. The summed E-state index contributed by atoms with van der Waals surface area (Å²) in [5.41, 5.74) is 1.08. The highest BCUT2D eigenvalue weighted by Crippen LogP contribution is 2.26. The molecule has 1 N–H and O–H groups in total. The van der Waals surface area contributed by atoms with E-state index in [4.69, 9.17) is 13.9 Å². The topological polar surface area (TPSA) is 90.7 Å². The number of anilines is 1. The molecule has 2 heterocycles. The molecule has 28 heavy (non-hydrogen) atoms. The van der Waals surface area contributed by atoms with Crippen LogP contribution in [0.15, 0.2) is 46.2 Å².